The molecule has 0 fully saturated rings. The first-order valence-electron chi connectivity index (χ1n) is 6.56. The fraction of sp³-hybridized carbons (Fsp3) is 0.200. The maximum absolute atomic E-state index is 13.4. The molecule has 0 radical (unpaired) electrons. The molecule has 2 rings (SSSR count). The minimum Gasteiger partial charge on any atom is -0.324 e. The van der Waals surface area contributed by atoms with Crippen LogP contribution in [0.2, 0.25) is 0 Å². The van der Waals surface area contributed by atoms with Gasteiger partial charge in [-0.05, 0) is 23.4 Å². The molecule has 1 aromatic carbocycles. The van der Waals surface area contributed by atoms with Crippen LogP contribution < -0.4 is 10.6 Å². The van der Waals surface area contributed by atoms with E-state index in [1.54, 1.807) is 5.38 Å². The predicted octanol–water partition coefficient (Wildman–Crippen LogP) is 3.80. The number of nitrogens with one attached hydrogen (secondary N) is 2. The lowest BCUT2D eigenvalue weighted by atomic mass is 10.2. The number of rotatable bonds is 4. The molecule has 0 aliphatic carbocycles. The molecule has 0 aliphatic rings. The largest absolute Gasteiger partial charge is 0.324 e. The van der Waals surface area contributed by atoms with E-state index in [4.69, 9.17) is 0 Å². The summed E-state index contributed by atoms with van der Waals surface area (Å²) in [6, 6.07) is 3.51. The quantitative estimate of drug-likeness (QED) is 0.899. The van der Waals surface area contributed by atoms with E-state index in [1.165, 1.54) is 18.3 Å². The Kier molecular flexibility index (Phi) is 4.87. The van der Waals surface area contributed by atoms with Gasteiger partial charge < -0.3 is 10.6 Å². The van der Waals surface area contributed by atoms with Crippen molar-refractivity contribution in [2.45, 2.75) is 20.3 Å². The summed E-state index contributed by atoms with van der Waals surface area (Å²) in [4.78, 5) is 23.9. The van der Waals surface area contributed by atoms with Crippen LogP contribution in [0.5, 0.6) is 0 Å². The first kappa shape index (κ1) is 16.1. The fourth-order valence-corrected chi connectivity index (χ4v) is 2.83. The topological polar surface area (TPSA) is 58.2 Å². The van der Waals surface area contributed by atoms with Gasteiger partial charge in [-0.2, -0.15) is 0 Å². The summed E-state index contributed by atoms with van der Waals surface area (Å²) < 4.78 is 26.7. The summed E-state index contributed by atoms with van der Waals surface area (Å²) in [6.07, 6.45) is 0.683. The molecule has 0 saturated heterocycles. The Hall–Kier alpha value is -2.28. The molecule has 0 spiro atoms. The van der Waals surface area contributed by atoms with Gasteiger partial charge in [-0.15, -0.1) is 11.3 Å². The molecule has 22 heavy (non-hydrogen) atoms. The summed E-state index contributed by atoms with van der Waals surface area (Å²) in [5.74, 6) is -3.09. The number of carbonyl (C=O) groups is 2. The van der Waals surface area contributed by atoms with Gasteiger partial charge in [0, 0.05) is 19.1 Å². The molecule has 0 bridgehead atoms. The van der Waals surface area contributed by atoms with Crippen LogP contribution in [-0.2, 0) is 11.2 Å². The van der Waals surface area contributed by atoms with E-state index in [-0.39, 0.29) is 11.4 Å². The number of aryl methyl sites for hydroxylation is 1. The van der Waals surface area contributed by atoms with E-state index < -0.39 is 23.4 Å². The molecule has 116 valence electrons. The molecule has 0 saturated carbocycles. The van der Waals surface area contributed by atoms with E-state index >= 15 is 0 Å². The minimum absolute atomic E-state index is 0.00866. The highest BCUT2D eigenvalue weighted by atomic mass is 32.1. The van der Waals surface area contributed by atoms with Gasteiger partial charge in [0.05, 0.1) is 16.3 Å². The molecule has 0 aliphatic heterocycles. The van der Waals surface area contributed by atoms with Crippen LogP contribution in [0.4, 0.5) is 20.2 Å². The highest BCUT2D eigenvalue weighted by molar-refractivity contribution is 7.12. The van der Waals surface area contributed by atoms with Gasteiger partial charge in [0.25, 0.3) is 5.91 Å². The number of anilines is 2. The van der Waals surface area contributed by atoms with Crippen molar-refractivity contribution in [1.29, 1.82) is 0 Å². The highest BCUT2D eigenvalue weighted by Crippen LogP contribution is 2.27. The van der Waals surface area contributed by atoms with Crippen LogP contribution in [0.3, 0.4) is 0 Å². The Morgan fingerprint density at radius 3 is 2.27 bits per heavy atom. The van der Waals surface area contributed by atoms with Crippen molar-refractivity contribution in [2.75, 3.05) is 10.6 Å². The molecule has 0 unspecified atom stereocenters. The van der Waals surface area contributed by atoms with Crippen molar-refractivity contribution in [3.63, 3.8) is 0 Å². The first-order valence-corrected chi connectivity index (χ1v) is 7.44. The van der Waals surface area contributed by atoms with Crippen LogP contribution in [0.25, 0.3) is 0 Å². The Morgan fingerprint density at radius 1 is 1.14 bits per heavy atom. The predicted molar refractivity (Wildman–Crippen MR) is 82.3 cm³/mol. The third kappa shape index (κ3) is 3.48. The van der Waals surface area contributed by atoms with Gasteiger partial charge in [-0.25, -0.2) is 8.78 Å². The normalized spacial score (nSPS) is 10.4. The van der Waals surface area contributed by atoms with Gasteiger partial charge in [0.15, 0.2) is 11.6 Å². The number of carbonyl (C=O) groups excluding carboxylic acids is 2. The fourth-order valence-electron chi connectivity index (χ4n) is 1.94. The first-order chi connectivity index (χ1) is 10.4. The smallest absolute Gasteiger partial charge is 0.266 e. The second-order valence-corrected chi connectivity index (χ2v) is 5.49. The summed E-state index contributed by atoms with van der Waals surface area (Å²) in [5, 5.41) is 6.66. The molecule has 1 aromatic heterocycles. The molecule has 1 heterocycles. The zero-order chi connectivity index (χ0) is 16.3. The van der Waals surface area contributed by atoms with Crippen LogP contribution >= 0.6 is 11.3 Å². The van der Waals surface area contributed by atoms with Crippen LogP contribution in [-0.4, -0.2) is 11.8 Å². The summed E-state index contributed by atoms with van der Waals surface area (Å²) in [6.45, 7) is 3.15. The van der Waals surface area contributed by atoms with Crippen molar-refractivity contribution in [3.8, 4) is 0 Å². The van der Waals surface area contributed by atoms with Crippen molar-refractivity contribution >= 4 is 34.5 Å². The Bertz CT molecular complexity index is 728. The number of hydrogen-bond donors (Lipinski definition) is 2. The SMILES string of the molecule is CCc1ccsc1C(=O)Nc1cc(F)c(F)cc1NC(C)=O. The average molecular weight is 324 g/mol. The van der Waals surface area contributed by atoms with Crippen LogP contribution in [0.1, 0.15) is 29.1 Å². The second-order valence-electron chi connectivity index (χ2n) is 4.58. The lowest BCUT2D eigenvalue weighted by molar-refractivity contribution is -0.114. The zero-order valence-corrected chi connectivity index (χ0v) is 12.8. The van der Waals surface area contributed by atoms with Crippen LogP contribution in [0, 0.1) is 11.6 Å². The van der Waals surface area contributed by atoms with E-state index in [0.29, 0.717) is 11.3 Å². The van der Waals surface area contributed by atoms with Gasteiger partial charge >= 0.3 is 0 Å². The van der Waals surface area contributed by atoms with Gasteiger partial charge in [0.1, 0.15) is 0 Å². The standard InChI is InChI=1S/C15H14F2N2O2S/c1-3-9-4-5-22-14(9)15(21)19-13-7-11(17)10(16)6-12(13)18-8(2)20/h4-7H,3H2,1-2H3,(H,18,20)(H,19,21). The molecule has 4 nitrogen and oxygen atoms in total. The molecule has 0 atom stereocenters. The maximum atomic E-state index is 13.4. The summed E-state index contributed by atoms with van der Waals surface area (Å²) in [7, 11) is 0. The molecule has 2 amide bonds. The number of benzene rings is 1. The van der Waals surface area contributed by atoms with Crippen molar-refractivity contribution in [3.05, 3.63) is 45.7 Å². The van der Waals surface area contributed by atoms with Gasteiger partial charge in [-0.1, -0.05) is 6.92 Å². The van der Waals surface area contributed by atoms with Gasteiger partial charge in [-0.3, -0.25) is 9.59 Å². The molecular weight excluding hydrogens is 310 g/mol. The summed E-state index contributed by atoms with van der Waals surface area (Å²) >= 11 is 1.26. The molecule has 2 aromatic rings. The minimum atomic E-state index is -1.11. The maximum Gasteiger partial charge on any atom is 0.266 e. The van der Waals surface area contributed by atoms with Crippen molar-refractivity contribution in [2.24, 2.45) is 0 Å². The number of amides is 2. The summed E-state index contributed by atoms with van der Waals surface area (Å²) in [5.41, 5.74) is 0.884. The monoisotopic (exact) mass is 324 g/mol. The second kappa shape index (κ2) is 6.65. The Morgan fingerprint density at radius 2 is 1.73 bits per heavy atom. The Balaban J connectivity index is 2.33. The van der Waals surface area contributed by atoms with E-state index in [2.05, 4.69) is 10.6 Å². The third-order valence-corrected chi connectivity index (χ3v) is 3.91. The van der Waals surface area contributed by atoms with E-state index in [0.717, 1.165) is 17.7 Å². The lowest BCUT2D eigenvalue weighted by Crippen LogP contribution is -2.16. The highest BCUT2D eigenvalue weighted by Gasteiger charge is 2.17. The Labute approximate surface area is 130 Å². The van der Waals surface area contributed by atoms with Crippen molar-refractivity contribution in [1.82, 2.24) is 0 Å². The lowest BCUT2D eigenvalue weighted by Gasteiger charge is -2.12. The van der Waals surface area contributed by atoms with Crippen molar-refractivity contribution < 1.29 is 18.4 Å². The third-order valence-electron chi connectivity index (χ3n) is 2.95. The number of thiophene rings is 1. The van der Waals surface area contributed by atoms with Crippen LogP contribution in [0.15, 0.2) is 23.6 Å². The molecular formula is C15H14F2N2O2S. The number of halogens is 2. The number of hydrogen-bond acceptors (Lipinski definition) is 3. The average Bonchev–Trinajstić information content (AvgIpc) is 2.92. The van der Waals surface area contributed by atoms with E-state index in [9.17, 15) is 18.4 Å². The molecule has 2 N–H and O–H groups in total. The molecule has 7 heteroatoms. The zero-order valence-electron chi connectivity index (χ0n) is 12.0. The van der Waals surface area contributed by atoms with Gasteiger partial charge in [0.2, 0.25) is 5.91 Å². The van der Waals surface area contributed by atoms with E-state index in [1.807, 2.05) is 13.0 Å².